The van der Waals surface area contributed by atoms with Crippen molar-refractivity contribution in [1.29, 1.82) is 0 Å². The van der Waals surface area contributed by atoms with Crippen LogP contribution in [-0.2, 0) is 6.54 Å². The third-order valence-electron chi connectivity index (χ3n) is 4.04. The molecule has 1 fully saturated rings. The van der Waals surface area contributed by atoms with Crippen molar-refractivity contribution in [3.63, 3.8) is 0 Å². The standard InChI is InChI=1S/C17H24N6/c1-14-12-16(20-17(19-14)21(2)3)23-10-8-22(9-11-23)13-15-6-4-5-7-18-15/h4-7,12H,8-11,13H2,1-3H3. The van der Waals surface area contributed by atoms with Gasteiger partial charge in [0.25, 0.3) is 0 Å². The predicted molar refractivity (Wildman–Crippen MR) is 92.8 cm³/mol. The van der Waals surface area contributed by atoms with Crippen molar-refractivity contribution >= 4 is 11.8 Å². The molecule has 1 aliphatic rings. The van der Waals surface area contributed by atoms with E-state index in [9.17, 15) is 0 Å². The summed E-state index contributed by atoms with van der Waals surface area (Å²) in [6.45, 7) is 6.95. The van der Waals surface area contributed by atoms with E-state index in [4.69, 9.17) is 0 Å². The van der Waals surface area contributed by atoms with Gasteiger partial charge >= 0.3 is 0 Å². The second kappa shape index (κ2) is 6.91. The van der Waals surface area contributed by atoms with Crippen molar-refractivity contribution in [2.24, 2.45) is 0 Å². The molecule has 6 nitrogen and oxygen atoms in total. The lowest BCUT2D eigenvalue weighted by Gasteiger charge is -2.35. The average Bonchev–Trinajstić information content (AvgIpc) is 2.56. The molecule has 0 aromatic carbocycles. The van der Waals surface area contributed by atoms with Gasteiger partial charge < -0.3 is 9.80 Å². The largest absolute Gasteiger partial charge is 0.354 e. The molecule has 0 unspecified atom stereocenters. The van der Waals surface area contributed by atoms with Crippen LogP contribution < -0.4 is 9.80 Å². The minimum Gasteiger partial charge on any atom is -0.354 e. The van der Waals surface area contributed by atoms with Gasteiger partial charge in [0.15, 0.2) is 0 Å². The molecule has 1 saturated heterocycles. The fraction of sp³-hybridized carbons (Fsp3) is 0.471. The van der Waals surface area contributed by atoms with Crippen LogP contribution in [0.2, 0.25) is 0 Å². The lowest BCUT2D eigenvalue weighted by molar-refractivity contribution is 0.246. The van der Waals surface area contributed by atoms with Gasteiger partial charge in [0.05, 0.1) is 5.69 Å². The molecule has 0 atom stereocenters. The number of hydrogen-bond acceptors (Lipinski definition) is 6. The molecule has 6 heteroatoms. The fourth-order valence-electron chi connectivity index (χ4n) is 2.75. The molecule has 3 heterocycles. The summed E-state index contributed by atoms with van der Waals surface area (Å²) in [7, 11) is 3.95. The number of rotatable bonds is 4. The van der Waals surface area contributed by atoms with Crippen molar-refractivity contribution in [3.8, 4) is 0 Å². The number of nitrogens with zero attached hydrogens (tertiary/aromatic N) is 6. The summed E-state index contributed by atoms with van der Waals surface area (Å²) in [5.41, 5.74) is 2.14. The Kier molecular flexibility index (Phi) is 4.71. The van der Waals surface area contributed by atoms with E-state index >= 15 is 0 Å². The molecule has 0 saturated carbocycles. The first-order chi connectivity index (χ1) is 11.1. The quantitative estimate of drug-likeness (QED) is 0.854. The zero-order chi connectivity index (χ0) is 16.2. The molecule has 0 amide bonds. The summed E-state index contributed by atoms with van der Waals surface area (Å²) >= 11 is 0. The smallest absolute Gasteiger partial charge is 0.226 e. The van der Waals surface area contributed by atoms with Gasteiger partial charge in [-0.3, -0.25) is 9.88 Å². The maximum Gasteiger partial charge on any atom is 0.226 e. The minimum atomic E-state index is 0.774. The van der Waals surface area contributed by atoms with Crippen LogP contribution in [0.1, 0.15) is 11.4 Å². The monoisotopic (exact) mass is 312 g/mol. The van der Waals surface area contributed by atoms with Crippen LogP contribution in [-0.4, -0.2) is 60.1 Å². The van der Waals surface area contributed by atoms with Crippen molar-refractivity contribution in [1.82, 2.24) is 19.9 Å². The van der Waals surface area contributed by atoms with Gasteiger partial charge in [-0.1, -0.05) is 6.07 Å². The first-order valence-electron chi connectivity index (χ1n) is 8.02. The van der Waals surface area contributed by atoms with E-state index in [-0.39, 0.29) is 0 Å². The van der Waals surface area contributed by atoms with Crippen LogP contribution in [0.3, 0.4) is 0 Å². The summed E-state index contributed by atoms with van der Waals surface area (Å²) in [4.78, 5) is 20.3. The third kappa shape index (κ3) is 3.96. The Labute approximate surface area is 137 Å². The molecular formula is C17H24N6. The highest BCUT2D eigenvalue weighted by atomic mass is 15.3. The molecule has 0 radical (unpaired) electrons. The maximum atomic E-state index is 4.68. The van der Waals surface area contributed by atoms with Crippen molar-refractivity contribution < 1.29 is 0 Å². The second-order valence-corrected chi connectivity index (χ2v) is 6.15. The topological polar surface area (TPSA) is 48.4 Å². The molecule has 2 aromatic rings. The highest BCUT2D eigenvalue weighted by molar-refractivity contribution is 5.45. The Morgan fingerprint density at radius 1 is 1.09 bits per heavy atom. The molecule has 0 spiro atoms. The lowest BCUT2D eigenvalue weighted by atomic mass is 10.2. The van der Waals surface area contributed by atoms with Gasteiger partial charge in [-0.25, -0.2) is 4.98 Å². The lowest BCUT2D eigenvalue weighted by Crippen LogP contribution is -2.46. The van der Waals surface area contributed by atoms with Crippen molar-refractivity contribution in [2.45, 2.75) is 13.5 Å². The molecule has 2 aromatic heterocycles. The van der Waals surface area contributed by atoms with E-state index in [1.807, 2.05) is 44.2 Å². The fourth-order valence-corrected chi connectivity index (χ4v) is 2.75. The second-order valence-electron chi connectivity index (χ2n) is 6.15. The average molecular weight is 312 g/mol. The maximum absolute atomic E-state index is 4.68. The van der Waals surface area contributed by atoms with Gasteiger partial charge in [-0.2, -0.15) is 4.98 Å². The molecule has 3 rings (SSSR count). The summed E-state index contributed by atoms with van der Waals surface area (Å²) < 4.78 is 0. The first-order valence-corrected chi connectivity index (χ1v) is 8.02. The van der Waals surface area contributed by atoms with Crippen LogP contribution in [0.25, 0.3) is 0 Å². The van der Waals surface area contributed by atoms with Crippen molar-refractivity contribution in [3.05, 3.63) is 41.9 Å². The SMILES string of the molecule is Cc1cc(N2CCN(Cc3ccccn3)CC2)nc(N(C)C)n1. The number of aromatic nitrogens is 3. The molecule has 122 valence electrons. The predicted octanol–water partition coefficient (Wildman–Crippen LogP) is 1.57. The Morgan fingerprint density at radius 3 is 2.52 bits per heavy atom. The Bertz CT molecular complexity index is 635. The van der Waals surface area contributed by atoms with Gasteiger partial charge in [-0.15, -0.1) is 0 Å². The molecule has 0 N–H and O–H groups in total. The van der Waals surface area contributed by atoms with Crippen LogP contribution in [0, 0.1) is 6.92 Å². The van der Waals surface area contributed by atoms with Crippen LogP contribution in [0.5, 0.6) is 0 Å². The van der Waals surface area contributed by atoms with Crippen LogP contribution >= 0.6 is 0 Å². The van der Waals surface area contributed by atoms with Crippen LogP contribution in [0.4, 0.5) is 11.8 Å². The molecular weight excluding hydrogens is 288 g/mol. The van der Waals surface area contributed by atoms with Crippen LogP contribution in [0.15, 0.2) is 30.5 Å². The number of piperazine rings is 1. The number of hydrogen-bond donors (Lipinski definition) is 0. The minimum absolute atomic E-state index is 0.774. The molecule has 0 bridgehead atoms. The van der Waals surface area contributed by atoms with E-state index < -0.39 is 0 Å². The summed E-state index contributed by atoms with van der Waals surface area (Å²) in [5, 5.41) is 0. The molecule has 1 aliphatic heterocycles. The highest BCUT2D eigenvalue weighted by Crippen LogP contribution is 2.18. The number of anilines is 2. The number of aryl methyl sites for hydroxylation is 1. The highest BCUT2D eigenvalue weighted by Gasteiger charge is 2.19. The number of pyridine rings is 1. The summed E-state index contributed by atoms with van der Waals surface area (Å²) in [6.07, 6.45) is 1.86. The van der Waals surface area contributed by atoms with E-state index in [1.54, 1.807) is 0 Å². The third-order valence-corrected chi connectivity index (χ3v) is 4.04. The van der Waals surface area contributed by atoms with Gasteiger partial charge in [0, 0.05) is 64.8 Å². The van der Waals surface area contributed by atoms with E-state index in [0.717, 1.165) is 55.9 Å². The Morgan fingerprint density at radius 2 is 1.87 bits per heavy atom. The van der Waals surface area contributed by atoms with Crippen molar-refractivity contribution in [2.75, 3.05) is 50.1 Å². The zero-order valence-electron chi connectivity index (χ0n) is 14.1. The Hall–Kier alpha value is -2.21. The summed E-state index contributed by atoms with van der Waals surface area (Å²) in [5.74, 6) is 1.80. The Balaban J connectivity index is 1.63. The normalized spacial score (nSPS) is 15.7. The van der Waals surface area contributed by atoms with E-state index in [0.29, 0.717) is 0 Å². The van der Waals surface area contributed by atoms with E-state index in [2.05, 4.69) is 36.9 Å². The summed E-state index contributed by atoms with van der Waals surface area (Å²) in [6, 6.07) is 8.16. The van der Waals surface area contributed by atoms with E-state index in [1.165, 1.54) is 0 Å². The zero-order valence-corrected chi connectivity index (χ0v) is 14.1. The van der Waals surface area contributed by atoms with Gasteiger partial charge in [-0.05, 0) is 19.1 Å². The van der Waals surface area contributed by atoms with Gasteiger partial charge in [0.2, 0.25) is 5.95 Å². The molecule has 0 aliphatic carbocycles. The molecule has 23 heavy (non-hydrogen) atoms. The van der Waals surface area contributed by atoms with Gasteiger partial charge in [0.1, 0.15) is 5.82 Å². The first kappa shape index (κ1) is 15.7.